The molecule has 0 amide bonds. The molecule has 0 N–H and O–H groups in total. The molecule has 0 aliphatic carbocycles. The molecule has 0 aliphatic heterocycles. The van der Waals surface area contributed by atoms with Crippen molar-refractivity contribution in [3.63, 3.8) is 0 Å². The zero-order chi connectivity index (χ0) is 36.6. The van der Waals surface area contributed by atoms with Gasteiger partial charge in [-0.2, -0.15) is 0 Å². The summed E-state index contributed by atoms with van der Waals surface area (Å²) in [4.78, 5) is 9.73. The van der Waals surface area contributed by atoms with Gasteiger partial charge in [-0.15, -0.1) is 53.6 Å². The van der Waals surface area contributed by atoms with Crippen LogP contribution in [0.25, 0.3) is 61.3 Å². The number of para-hydroxylation sites is 4. The predicted octanol–water partition coefficient (Wildman–Crippen LogP) is 12.0. The molecule has 0 aliphatic rings. The first-order valence-corrected chi connectivity index (χ1v) is 21.8. The predicted molar refractivity (Wildman–Crippen MR) is 221 cm³/mol. The van der Waals surface area contributed by atoms with Gasteiger partial charge in [0.15, 0.2) is 0 Å². The summed E-state index contributed by atoms with van der Waals surface area (Å²) in [6.45, 7) is 18.5. The summed E-state index contributed by atoms with van der Waals surface area (Å²) in [6, 6.07) is 46.2. The van der Waals surface area contributed by atoms with E-state index >= 15 is 0 Å². The second-order valence-electron chi connectivity index (χ2n) is 16.1. The van der Waals surface area contributed by atoms with E-state index in [-0.39, 0.29) is 25.5 Å². The van der Waals surface area contributed by atoms with E-state index in [2.05, 4.69) is 132 Å². The second-order valence-corrected chi connectivity index (χ2v) is 21.1. The molecule has 0 spiro atoms. The maximum absolute atomic E-state index is 6.24. The number of furan rings is 1. The normalized spacial score (nSPS) is 11.9. The summed E-state index contributed by atoms with van der Waals surface area (Å²) in [5, 5.41) is 3.68. The van der Waals surface area contributed by atoms with E-state index in [0.717, 1.165) is 67.7 Å². The van der Waals surface area contributed by atoms with Crippen LogP contribution in [0.1, 0.15) is 45.7 Å². The Labute approximate surface area is 328 Å². The summed E-state index contributed by atoms with van der Waals surface area (Å²) >= 11 is 0. The van der Waals surface area contributed by atoms with E-state index < -0.39 is 8.07 Å². The SMILES string of the molecule is CC(C)Cc1cc(-c2[c-]cc(C(C)(C)C)cc2)ncc1[Si](C)(C)C.[Ir].[c-]1ccc2c(oc3ccccc32)c1-c1nc2ccccc2n1-c1ccccc1. The van der Waals surface area contributed by atoms with Crippen molar-refractivity contribution < 1.29 is 24.5 Å². The zero-order valence-electron chi connectivity index (χ0n) is 31.9. The van der Waals surface area contributed by atoms with Gasteiger partial charge in [-0.3, -0.25) is 4.98 Å². The van der Waals surface area contributed by atoms with Gasteiger partial charge in [-0.05, 0) is 59.0 Å². The monoisotopic (exact) mass is 890 g/mol. The smallest absolute Gasteiger partial charge is 0.120 e. The summed E-state index contributed by atoms with van der Waals surface area (Å²) in [6.07, 6.45) is 3.25. The van der Waals surface area contributed by atoms with Gasteiger partial charge in [-0.1, -0.05) is 125 Å². The fraction of sp³-hybridized carbons (Fsp3) is 0.234. The van der Waals surface area contributed by atoms with Gasteiger partial charge in [0.2, 0.25) is 0 Å². The molecule has 8 rings (SSSR count). The molecule has 0 unspecified atom stereocenters. The third-order valence-electron chi connectivity index (χ3n) is 9.52. The Hall–Kier alpha value is -4.61. The average molecular weight is 890 g/mol. The molecule has 4 nitrogen and oxygen atoms in total. The van der Waals surface area contributed by atoms with Gasteiger partial charge in [-0.25, -0.2) is 0 Å². The van der Waals surface area contributed by atoms with Crippen LogP contribution >= 0.6 is 0 Å². The minimum Gasteiger partial charge on any atom is -0.501 e. The number of aromatic nitrogens is 3. The molecule has 0 bridgehead atoms. The van der Waals surface area contributed by atoms with Gasteiger partial charge in [0.25, 0.3) is 0 Å². The first kappa shape index (κ1) is 38.1. The van der Waals surface area contributed by atoms with Crippen molar-refractivity contribution in [3.05, 3.63) is 145 Å². The van der Waals surface area contributed by atoms with Crippen LogP contribution in [0, 0.1) is 18.1 Å². The molecule has 0 fully saturated rings. The van der Waals surface area contributed by atoms with Crippen molar-refractivity contribution in [2.75, 3.05) is 0 Å². The van der Waals surface area contributed by atoms with Crippen LogP contribution in [0.15, 0.2) is 126 Å². The number of pyridine rings is 1. The van der Waals surface area contributed by atoms with Crippen LogP contribution in [0.5, 0.6) is 0 Å². The van der Waals surface area contributed by atoms with E-state index in [1.165, 1.54) is 16.3 Å². The fourth-order valence-corrected chi connectivity index (χ4v) is 8.46. The first-order valence-electron chi connectivity index (χ1n) is 18.3. The Bertz CT molecular complexity index is 2480. The number of benzene rings is 5. The third-order valence-corrected chi connectivity index (χ3v) is 11.6. The Balaban J connectivity index is 0.000000181. The van der Waals surface area contributed by atoms with Crippen LogP contribution in [-0.4, -0.2) is 22.6 Å². The Morgan fingerprint density at radius 3 is 2.23 bits per heavy atom. The van der Waals surface area contributed by atoms with E-state index in [1.807, 2.05) is 60.7 Å². The molecule has 53 heavy (non-hydrogen) atoms. The van der Waals surface area contributed by atoms with E-state index in [1.54, 1.807) is 0 Å². The molecule has 6 heteroatoms. The zero-order valence-corrected chi connectivity index (χ0v) is 35.3. The van der Waals surface area contributed by atoms with Crippen LogP contribution in [-0.2, 0) is 31.9 Å². The second kappa shape index (κ2) is 15.4. The van der Waals surface area contributed by atoms with Crippen LogP contribution in [0.4, 0.5) is 0 Å². The summed E-state index contributed by atoms with van der Waals surface area (Å²) in [5.74, 6) is 1.49. The molecule has 3 heterocycles. The van der Waals surface area contributed by atoms with Gasteiger partial charge >= 0.3 is 0 Å². The summed E-state index contributed by atoms with van der Waals surface area (Å²) in [5.41, 5.74) is 10.7. The number of imidazole rings is 1. The molecule has 1 radical (unpaired) electrons. The molecule has 5 aromatic carbocycles. The topological polar surface area (TPSA) is 43.9 Å². The largest absolute Gasteiger partial charge is 0.501 e. The minimum absolute atomic E-state index is 0. The number of hydrogen-bond donors (Lipinski definition) is 0. The summed E-state index contributed by atoms with van der Waals surface area (Å²) < 4.78 is 8.41. The Kier molecular flexibility index (Phi) is 11.1. The van der Waals surface area contributed by atoms with Gasteiger partial charge in [0, 0.05) is 37.4 Å². The quantitative estimate of drug-likeness (QED) is 0.123. The molecule has 271 valence electrons. The minimum atomic E-state index is -1.38. The van der Waals surface area contributed by atoms with E-state index in [0.29, 0.717) is 5.92 Å². The summed E-state index contributed by atoms with van der Waals surface area (Å²) in [7, 11) is -1.38. The number of fused-ring (bicyclic) bond motifs is 4. The van der Waals surface area contributed by atoms with Crippen molar-refractivity contribution >= 4 is 46.2 Å². The molecule has 0 saturated heterocycles. The van der Waals surface area contributed by atoms with Crippen molar-refractivity contribution in [1.82, 2.24) is 14.5 Å². The molecule has 0 saturated carbocycles. The number of hydrogen-bond acceptors (Lipinski definition) is 3. The van der Waals surface area contributed by atoms with Crippen LogP contribution < -0.4 is 5.19 Å². The first-order chi connectivity index (χ1) is 24.9. The molecular weight excluding hydrogens is 843 g/mol. The number of nitrogens with zero attached hydrogens (tertiary/aromatic N) is 3. The van der Waals surface area contributed by atoms with Crippen molar-refractivity contribution in [3.8, 4) is 28.3 Å². The van der Waals surface area contributed by atoms with Crippen LogP contribution in [0.2, 0.25) is 19.6 Å². The van der Waals surface area contributed by atoms with Crippen molar-refractivity contribution in [2.45, 2.75) is 66.1 Å². The van der Waals surface area contributed by atoms with Crippen LogP contribution in [0.3, 0.4) is 0 Å². The molecule has 0 atom stereocenters. The van der Waals surface area contributed by atoms with Gasteiger partial charge in [0.1, 0.15) is 5.58 Å². The maximum Gasteiger partial charge on any atom is 0.120 e. The van der Waals surface area contributed by atoms with Gasteiger partial charge in [0.05, 0.1) is 30.5 Å². The third kappa shape index (κ3) is 8.01. The van der Waals surface area contributed by atoms with E-state index in [4.69, 9.17) is 14.4 Å². The Morgan fingerprint density at radius 1 is 0.811 bits per heavy atom. The Morgan fingerprint density at radius 2 is 1.53 bits per heavy atom. The van der Waals surface area contributed by atoms with Crippen molar-refractivity contribution in [1.29, 1.82) is 0 Å². The van der Waals surface area contributed by atoms with E-state index in [9.17, 15) is 0 Å². The molecule has 8 aromatic rings. The van der Waals surface area contributed by atoms with Gasteiger partial charge < -0.3 is 14.0 Å². The standard InChI is InChI=1S/C25H15N2O.C22H32NSi.Ir/c1-2-9-17(10-3-1)27-22-15-6-5-14-21(22)26-25(27)20-13-8-12-19-18-11-4-7-16-23(18)28-24(19)20;1-16(2)13-18-14-20(23-15-21(18)24(6,7)8)17-9-11-19(12-10-17)22(3,4)5;/h1-12,14-16H;9,11-12,14-16H,13H2,1-8H3;/q2*-1;. The fourth-order valence-electron chi connectivity index (χ4n) is 6.87. The number of rotatable bonds is 6. The maximum atomic E-state index is 6.24. The molecular formula is C47H47IrN3OSi-2. The average Bonchev–Trinajstić information content (AvgIpc) is 3.70. The van der Waals surface area contributed by atoms with Crippen molar-refractivity contribution in [2.24, 2.45) is 5.92 Å². The molecule has 3 aromatic heterocycles.